The zero-order chi connectivity index (χ0) is 22.3. The third kappa shape index (κ3) is 3.08. The Bertz CT molecular complexity index is 1340. The van der Waals surface area contributed by atoms with Gasteiger partial charge < -0.3 is 10.1 Å². The van der Waals surface area contributed by atoms with E-state index < -0.39 is 17.5 Å². The molecule has 5 rings (SSSR count). The first-order chi connectivity index (χ1) is 15.5. The SMILES string of the molecule is COc1ccc(C2(C)NC(=O)N(/N=C/c3c4ccccc4cc4ccccc34)C2=O)cc1. The van der Waals surface area contributed by atoms with Crippen LogP contribution in [0.4, 0.5) is 4.79 Å². The highest BCUT2D eigenvalue weighted by atomic mass is 16.5. The fourth-order valence-corrected chi connectivity index (χ4v) is 4.15. The number of nitrogens with one attached hydrogen (secondary N) is 1. The molecule has 1 aliphatic heterocycles. The van der Waals surface area contributed by atoms with E-state index in [1.54, 1.807) is 44.5 Å². The summed E-state index contributed by atoms with van der Waals surface area (Å²) >= 11 is 0. The Hall–Kier alpha value is -4.19. The third-order valence-electron chi connectivity index (χ3n) is 5.95. The lowest BCUT2D eigenvalue weighted by atomic mass is 9.92. The van der Waals surface area contributed by atoms with E-state index in [2.05, 4.69) is 16.5 Å². The lowest BCUT2D eigenvalue weighted by Crippen LogP contribution is -2.40. The summed E-state index contributed by atoms with van der Waals surface area (Å²) in [6.45, 7) is 1.68. The summed E-state index contributed by atoms with van der Waals surface area (Å²) < 4.78 is 5.19. The van der Waals surface area contributed by atoms with Crippen LogP contribution in [0.1, 0.15) is 18.1 Å². The number of fused-ring (bicyclic) bond motifs is 2. The maximum absolute atomic E-state index is 13.2. The summed E-state index contributed by atoms with van der Waals surface area (Å²) in [6, 6.07) is 24.6. The van der Waals surface area contributed by atoms with Gasteiger partial charge in [0.15, 0.2) is 0 Å². The highest BCUT2D eigenvalue weighted by molar-refractivity contribution is 6.14. The van der Waals surface area contributed by atoms with E-state index in [0.29, 0.717) is 11.3 Å². The molecular weight excluding hydrogens is 402 g/mol. The van der Waals surface area contributed by atoms with Crippen LogP contribution >= 0.6 is 0 Å². The smallest absolute Gasteiger partial charge is 0.346 e. The second-order valence-corrected chi connectivity index (χ2v) is 7.88. The van der Waals surface area contributed by atoms with Gasteiger partial charge in [-0.1, -0.05) is 60.7 Å². The molecule has 0 saturated carbocycles. The lowest BCUT2D eigenvalue weighted by molar-refractivity contribution is -0.131. The van der Waals surface area contributed by atoms with Gasteiger partial charge in [-0.2, -0.15) is 5.10 Å². The summed E-state index contributed by atoms with van der Waals surface area (Å²) in [5.41, 5.74) is 0.309. The summed E-state index contributed by atoms with van der Waals surface area (Å²) in [5.74, 6) is 0.236. The molecule has 1 fully saturated rings. The molecule has 1 aliphatic rings. The first-order valence-corrected chi connectivity index (χ1v) is 10.3. The van der Waals surface area contributed by atoms with E-state index in [9.17, 15) is 9.59 Å². The molecule has 0 aromatic heterocycles. The van der Waals surface area contributed by atoms with Gasteiger partial charge in [0.05, 0.1) is 13.3 Å². The molecule has 1 heterocycles. The fraction of sp³-hybridized carbons (Fsp3) is 0.115. The predicted octanol–water partition coefficient (Wildman–Crippen LogP) is 4.80. The quantitative estimate of drug-likeness (QED) is 0.291. The van der Waals surface area contributed by atoms with Gasteiger partial charge in [-0.05, 0) is 52.2 Å². The minimum atomic E-state index is -1.21. The molecule has 0 radical (unpaired) electrons. The van der Waals surface area contributed by atoms with E-state index >= 15 is 0 Å². The van der Waals surface area contributed by atoms with Gasteiger partial charge in [-0.15, -0.1) is 5.01 Å². The Balaban J connectivity index is 1.55. The molecule has 0 spiro atoms. The number of hydrogen-bond acceptors (Lipinski definition) is 4. The average molecular weight is 423 g/mol. The molecule has 1 N–H and O–H groups in total. The second kappa shape index (κ2) is 7.50. The molecule has 32 heavy (non-hydrogen) atoms. The highest BCUT2D eigenvalue weighted by Gasteiger charge is 2.49. The number of carbonyl (C=O) groups is 2. The maximum Gasteiger partial charge on any atom is 0.346 e. The van der Waals surface area contributed by atoms with Gasteiger partial charge >= 0.3 is 6.03 Å². The summed E-state index contributed by atoms with van der Waals surface area (Å²) in [7, 11) is 1.58. The Kier molecular flexibility index (Phi) is 4.63. The molecule has 158 valence electrons. The van der Waals surface area contributed by atoms with Crippen LogP contribution in [-0.2, 0) is 10.3 Å². The molecule has 4 aromatic carbocycles. The molecule has 1 atom stereocenters. The van der Waals surface area contributed by atoms with Gasteiger partial charge in [0.25, 0.3) is 5.91 Å². The Morgan fingerprint density at radius 2 is 1.50 bits per heavy atom. The summed E-state index contributed by atoms with van der Waals surface area (Å²) in [5, 5.41) is 12.1. The van der Waals surface area contributed by atoms with Gasteiger partial charge in [0.2, 0.25) is 0 Å². The number of hydrazone groups is 1. The Labute approximate surface area is 185 Å². The van der Waals surface area contributed by atoms with Crippen LogP contribution in [0.5, 0.6) is 5.75 Å². The first-order valence-electron chi connectivity index (χ1n) is 10.3. The standard InChI is InChI=1S/C26H21N3O3/c1-26(19-11-13-20(32-2)14-12-19)24(30)29(25(31)28-26)27-16-23-21-9-5-3-7-17(21)15-18-8-4-6-10-22(18)23/h3-16H,1-2H3,(H,28,31)/b27-16+. The van der Waals surface area contributed by atoms with Gasteiger partial charge in [0.1, 0.15) is 11.3 Å². The molecule has 1 saturated heterocycles. The number of amides is 3. The molecule has 3 amide bonds. The summed E-state index contributed by atoms with van der Waals surface area (Å²) in [4.78, 5) is 25.9. The minimum Gasteiger partial charge on any atom is -0.497 e. The van der Waals surface area contributed by atoms with Crippen molar-refractivity contribution in [3.05, 3.63) is 90.0 Å². The number of hydrogen-bond donors (Lipinski definition) is 1. The third-order valence-corrected chi connectivity index (χ3v) is 5.95. The van der Waals surface area contributed by atoms with Crippen molar-refractivity contribution in [2.45, 2.75) is 12.5 Å². The number of nitrogens with zero attached hydrogens (tertiary/aromatic N) is 2. The van der Waals surface area contributed by atoms with Crippen LogP contribution in [0.2, 0.25) is 0 Å². The van der Waals surface area contributed by atoms with Crippen molar-refractivity contribution in [2.24, 2.45) is 5.10 Å². The Morgan fingerprint density at radius 1 is 0.906 bits per heavy atom. The van der Waals surface area contributed by atoms with Crippen molar-refractivity contribution in [1.29, 1.82) is 0 Å². The number of methoxy groups -OCH3 is 1. The molecule has 0 aliphatic carbocycles. The van der Waals surface area contributed by atoms with Crippen molar-refractivity contribution < 1.29 is 14.3 Å². The average Bonchev–Trinajstić information content (AvgIpc) is 3.05. The second-order valence-electron chi connectivity index (χ2n) is 7.88. The number of carbonyl (C=O) groups excluding carboxylic acids is 2. The van der Waals surface area contributed by atoms with Crippen molar-refractivity contribution in [2.75, 3.05) is 7.11 Å². The number of rotatable bonds is 4. The summed E-state index contributed by atoms with van der Waals surface area (Å²) in [6.07, 6.45) is 1.60. The van der Waals surface area contributed by atoms with Gasteiger partial charge in [0, 0.05) is 5.56 Å². The predicted molar refractivity (Wildman–Crippen MR) is 125 cm³/mol. The van der Waals surface area contributed by atoms with Crippen molar-refractivity contribution in [1.82, 2.24) is 10.3 Å². The molecule has 4 aromatic rings. The van der Waals surface area contributed by atoms with Crippen molar-refractivity contribution >= 4 is 39.7 Å². The van der Waals surface area contributed by atoms with Crippen LogP contribution in [-0.4, -0.2) is 30.3 Å². The first kappa shape index (κ1) is 19.8. The monoisotopic (exact) mass is 423 g/mol. The molecule has 6 nitrogen and oxygen atoms in total. The van der Waals surface area contributed by atoms with E-state index in [0.717, 1.165) is 32.1 Å². The Morgan fingerprint density at radius 3 is 2.09 bits per heavy atom. The van der Waals surface area contributed by atoms with E-state index in [1.165, 1.54) is 0 Å². The van der Waals surface area contributed by atoms with Crippen LogP contribution in [0.15, 0.2) is 84.0 Å². The zero-order valence-electron chi connectivity index (χ0n) is 17.7. The van der Waals surface area contributed by atoms with E-state index in [4.69, 9.17) is 4.74 Å². The van der Waals surface area contributed by atoms with Crippen LogP contribution in [0, 0.1) is 0 Å². The topological polar surface area (TPSA) is 71.0 Å². The molecular formula is C26H21N3O3. The fourth-order valence-electron chi connectivity index (χ4n) is 4.15. The number of imide groups is 1. The molecule has 6 heteroatoms. The van der Waals surface area contributed by atoms with Crippen LogP contribution < -0.4 is 10.1 Å². The number of benzene rings is 4. The van der Waals surface area contributed by atoms with E-state index in [-0.39, 0.29) is 0 Å². The van der Waals surface area contributed by atoms with E-state index in [1.807, 2.05) is 48.5 Å². The van der Waals surface area contributed by atoms with Gasteiger partial charge in [-0.25, -0.2) is 4.79 Å². The van der Waals surface area contributed by atoms with Gasteiger partial charge in [-0.3, -0.25) is 4.79 Å². The molecule has 1 unspecified atom stereocenters. The number of ether oxygens (including phenoxy) is 1. The highest BCUT2D eigenvalue weighted by Crippen LogP contribution is 2.31. The normalized spacial score (nSPS) is 18.6. The van der Waals surface area contributed by atoms with Crippen molar-refractivity contribution in [3.63, 3.8) is 0 Å². The zero-order valence-corrected chi connectivity index (χ0v) is 17.7. The number of urea groups is 1. The minimum absolute atomic E-state index is 0.437. The lowest BCUT2D eigenvalue weighted by Gasteiger charge is -2.21. The van der Waals surface area contributed by atoms with Crippen molar-refractivity contribution in [3.8, 4) is 5.75 Å². The maximum atomic E-state index is 13.2. The van der Waals surface area contributed by atoms with Crippen LogP contribution in [0.25, 0.3) is 21.5 Å². The largest absolute Gasteiger partial charge is 0.497 e. The molecule has 0 bridgehead atoms. The van der Waals surface area contributed by atoms with Crippen LogP contribution in [0.3, 0.4) is 0 Å².